The molecule has 110 valence electrons. The second kappa shape index (κ2) is 6.02. The molecule has 1 fully saturated rings. The third-order valence-corrected chi connectivity index (χ3v) is 3.62. The smallest absolute Gasteiger partial charge is 0.358 e. The van der Waals surface area contributed by atoms with Crippen molar-refractivity contribution >= 4 is 11.9 Å². The van der Waals surface area contributed by atoms with Crippen molar-refractivity contribution in [2.75, 3.05) is 13.1 Å². The summed E-state index contributed by atoms with van der Waals surface area (Å²) in [5, 5.41) is 16.7. The fraction of sp³-hybridized carbons (Fsp3) is 0.692. The predicted molar refractivity (Wildman–Crippen MR) is 71.5 cm³/mol. The molecule has 1 saturated heterocycles. The first-order valence-electron chi connectivity index (χ1n) is 7.02. The quantitative estimate of drug-likeness (QED) is 0.873. The Morgan fingerprint density at radius 1 is 1.35 bits per heavy atom. The minimum Gasteiger partial charge on any atom is -0.476 e. The molecular formula is C13H20N4O3. The van der Waals surface area contributed by atoms with E-state index in [4.69, 9.17) is 5.11 Å². The summed E-state index contributed by atoms with van der Waals surface area (Å²) in [4.78, 5) is 25.3. The number of carbonyl (C=O) groups is 2. The van der Waals surface area contributed by atoms with Crippen LogP contribution in [0, 0.1) is 0 Å². The molecule has 0 aromatic carbocycles. The van der Waals surface area contributed by atoms with Crippen molar-refractivity contribution in [1.82, 2.24) is 19.9 Å². The molecule has 7 heteroatoms. The van der Waals surface area contributed by atoms with Gasteiger partial charge in [-0.05, 0) is 26.2 Å². The summed E-state index contributed by atoms with van der Waals surface area (Å²) < 4.78 is 1.47. The van der Waals surface area contributed by atoms with Crippen LogP contribution in [0.25, 0.3) is 0 Å². The zero-order valence-corrected chi connectivity index (χ0v) is 11.9. The number of carbonyl (C=O) groups excluding carboxylic acids is 1. The predicted octanol–water partition coefficient (Wildman–Crippen LogP) is 1.11. The molecule has 1 aromatic heterocycles. The minimum absolute atomic E-state index is 0.0123. The van der Waals surface area contributed by atoms with Crippen LogP contribution in [-0.2, 0) is 11.2 Å². The number of amides is 1. The van der Waals surface area contributed by atoms with Crippen molar-refractivity contribution in [2.24, 2.45) is 0 Å². The molecule has 2 rings (SSSR count). The Hall–Kier alpha value is -1.92. The molecule has 1 aliphatic rings. The molecule has 0 aliphatic carbocycles. The Morgan fingerprint density at radius 2 is 2.00 bits per heavy atom. The second-order valence-electron chi connectivity index (χ2n) is 5.09. The monoisotopic (exact) mass is 280 g/mol. The summed E-state index contributed by atoms with van der Waals surface area (Å²) in [6, 6.07) is -0.504. The summed E-state index contributed by atoms with van der Waals surface area (Å²) in [7, 11) is 0. The SMILES string of the molecule is CCCc1c(C(=O)O)nnn1C(C)C(=O)N1CCCC1. The Kier molecular flexibility index (Phi) is 4.36. The van der Waals surface area contributed by atoms with Crippen molar-refractivity contribution in [3.8, 4) is 0 Å². The first-order chi connectivity index (χ1) is 9.56. The van der Waals surface area contributed by atoms with Gasteiger partial charge in [0.2, 0.25) is 5.91 Å². The van der Waals surface area contributed by atoms with E-state index in [-0.39, 0.29) is 11.6 Å². The standard InChI is InChI=1S/C13H20N4O3/c1-3-6-10-11(13(19)20)14-15-17(10)9(2)12(18)16-7-4-5-8-16/h9H,3-8H2,1-2H3,(H,19,20). The van der Waals surface area contributed by atoms with Crippen LogP contribution >= 0.6 is 0 Å². The van der Waals surface area contributed by atoms with Gasteiger partial charge in [-0.15, -0.1) is 5.10 Å². The lowest BCUT2D eigenvalue weighted by Gasteiger charge is -2.21. The summed E-state index contributed by atoms with van der Waals surface area (Å²) >= 11 is 0. The molecule has 20 heavy (non-hydrogen) atoms. The van der Waals surface area contributed by atoms with E-state index in [0.717, 1.165) is 32.4 Å². The van der Waals surface area contributed by atoms with E-state index >= 15 is 0 Å². The summed E-state index contributed by atoms with van der Waals surface area (Å²) in [6.45, 7) is 5.25. The third-order valence-electron chi connectivity index (χ3n) is 3.62. The van der Waals surface area contributed by atoms with E-state index in [9.17, 15) is 9.59 Å². The fourth-order valence-corrected chi connectivity index (χ4v) is 2.57. The minimum atomic E-state index is -1.10. The second-order valence-corrected chi connectivity index (χ2v) is 5.09. The molecule has 1 N–H and O–H groups in total. The van der Waals surface area contributed by atoms with Crippen molar-refractivity contribution in [2.45, 2.75) is 45.6 Å². The van der Waals surface area contributed by atoms with E-state index < -0.39 is 12.0 Å². The van der Waals surface area contributed by atoms with Crippen molar-refractivity contribution in [3.05, 3.63) is 11.4 Å². The van der Waals surface area contributed by atoms with Crippen molar-refractivity contribution in [3.63, 3.8) is 0 Å². The van der Waals surface area contributed by atoms with Crippen LogP contribution in [0.5, 0.6) is 0 Å². The summed E-state index contributed by atoms with van der Waals surface area (Å²) in [5.74, 6) is -1.11. The van der Waals surface area contributed by atoms with Gasteiger partial charge >= 0.3 is 5.97 Å². The van der Waals surface area contributed by atoms with Crippen molar-refractivity contribution < 1.29 is 14.7 Å². The summed E-state index contributed by atoms with van der Waals surface area (Å²) in [5.41, 5.74) is 0.480. The third kappa shape index (κ3) is 2.66. The fourth-order valence-electron chi connectivity index (χ4n) is 2.57. The maximum Gasteiger partial charge on any atom is 0.358 e. The molecule has 0 radical (unpaired) electrons. The van der Waals surface area contributed by atoms with E-state index in [0.29, 0.717) is 12.1 Å². The van der Waals surface area contributed by atoms with E-state index in [2.05, 4.69) is 10.3 Å². The molecule has 7 nitrogen and oxygen atoms in total. The van der Waals surface area contributed by atoms with Gasteiger partial charge in [-0.3, -0.25) is 4.79 Å². The Morgan fingerprint density at radius 3 is 2.55 bits per heavy atom. The molecule has 1 aromatic rings. The molecule has 0 bridgehead atoms. The molecule has 0 spiro atoms. The molecule has 2 heterocycles. The largest absolute Gasteiger partial charge is 0.476 e. The van der Waals surface area contributed by atoms with E-state index in [1.165, 1.54) is 4.68 Å². The molecule has 0 saturated carbocycles. The first kappa shape index (κ1) is 14.5. The van der Waals surface area contributed by atoms with Gasteiger partial charge in [0.05, 0.1) is 5.69 Å². The van der Waals surface area contributed by atoms with Gasteiger partial charge in [0.1, 0.15) is 6.04 Å². The number of hydrogen-bond acceptors (Lipinski definition) is 4. The lowest BCUT2D eigenvalue weighted by molar-refractivity contribution is -0.133. The zero-order chi connectivity index (χ0) is 14.7. The summed E-state index contributed by atoms with van der Waals surface area (Å²) in [6.07, 6.45) is 3.38. The highest BCUT2D eigenvalue weighted by atomic mass is 16.4. The number of aromatic carboxylic acids is 1. The number of carboxylic acid groups (broad SMARTS) is 1. The van der Waals surface area contributed by atoms with Crippen molar-refractivity contribution in [1.29, 1.82) is 0 Å². The van der Waals surface area contributed by atoms with Gasteiger partial charge < -0.3 is 10.0 Å². The number of hydrogen-bond donors (Lipinski definition) is 1. The lowest BCUT2D eigenvalue weighted by atomic mass is 10.2. The maximum absolute atomic E-state index is 12.4. The van der Waals surface area contributed by atoms with E-state index in [1.807, 2.05) is 11.8 Å². The average molecular weight is 280 g/mol. The van der Waals surface area contributed by atoms with Crippen LogP contribution in [0.15, 0.2) is 0 Å². The van der Waals surface area contributed by atoms with Gasteiger partial charge in [0, 0.05) is 13.1 Å². The van der Waals surface area contributed by atoms with Gasteiger partial charge in [0.25, 0.3) is 0 Å². The Bertz CT molecular complexity index is 506. The first-order valence-corrected chi connectivity index (χ1v) is 7.02. The number of rotatable bonds is 5. The van der Waals surface area contributed by atoms with Crippen LogP contribution in [0.2, 0.25) is 0 Å². The normalized spacial score (nSPS) is 16.4. The molecule has 1 atom stereocenters. The molecule has 1 amide bonds. The number of likely N-dealkylation sites (tertiary alicyclic amines) is 1. The highest BCUT2D eigenvalue weighted by molar-refractivity contribution is 5.87. The maximum atomic E-state index is 12.4. The van der Waals surface area contributed by atoms with Crippen LogP contribution in [0.3, 0.4) is 0 Å². The van der Waals surface area contributed by atoms with Gasteiger partial charge in [-0.1, -0.05) is 18.6 Å². The number of carboxylic acids is 1. The van der Waals surface area contributed by atoms with E-state index in [1.54, 1.807) is 6.92 Å². The Labute approximate surface area is 117 Å². The van der Waals surface area contributed by atoms with Crippen LogP contribution < -0.4 is 0 Å². The van der Waals surface area contributed by atoms with Crippen LogP contribution in [0.1, 0.15) is 55.3 Å². The topological polar surface area (TPSA) is 88.3 Å². The lowest BCUT2D eigenvalue weighted by Crippen LogP contribution is -2.35. The molecule has 1 aliphatic heterocycles. The number of nitrogens with zero attached hydrogens (tertiary/aromatic N) is 4. The molecule has 1 unspecified atom stereocenters. The van der Waals surface area contributed by atoms with Gasteiger partial charge in [0.15, 0.2) is 5.69 Å². The number of aromatic nitrogens is 3. The van der Waals surface area contributed by atoms with Crippen LogP contribution in [0.4, 0.5) is 0 Å². The molecular weight excluding hydrogens is 260 g/mol. The van der Waals surface area contributed by atoms with Crippen LogP contribution in [-0.4, -0.2) is 50.0 Å². The highest BCUT2D eigenvalue weighted by Crippen LogP contribution is 2.19. The Balaban J connectivity index is 2.26. The highest BCUT2D eigenvalue weighted by Gasteiger charge is 2.28. The van der Waals surface area contributed by atoms with Gasteiger partial charge in [-0.2, -0.15) is 0 Å². The van der Waals surface area contributed by atoms with Gasteiger partial charge in [-0.25, -0.2) is 9.48 Å². The average Bonchev–Trinajstić information content (AvgIpc) is 3.06. The zero-order valence-electron chi connectivity index (χ0n) is 11.9.